The number of ether oxygens (including phenoxy) is 1. The van der Waals surface area contributed by atoms with E-state index in [0.717, 1.165) is 25.3 Å². The van der Waals surface area contributed by atoms with Gasteiger partial charge in [-0.1, -0.05) is 18.5 Å². The largest absolute Gasteiger partial charge is 0.451 e. The Bertz CT molecular complexity index is 1320. The van der Waals surface area contributed by atoms with E-state index in [1.54, 1.807) is 12.1 Å². The Morgan fingerprint density at radius 1 is 1.15 bits per heavy atom. The molecule has 208 valence electrons. The molecule has 0 spiro atoms. The third-order valence-corrected chi connectivity index (χ3v) is 7.58. The minimum Gasteiger partial charge on any atom is -0.379 e. The summed E-state index contributed by atoms with van der Waals surface area (Å²) in [5.41, 5.74) is 1.45. The van der Waals surface area contributed by atoms with Crippen LogP contribution < -0.4 is 10.2 Å². The fourth-order valence-corrected chi connectivity index (χ4v) is 5.50. The molecule has 3 aromatic rings. The van der Waals surface area contributed by atoms with Crippen molar-refractivity contribution in [3.63, 3.8) is 0 Å². The molecule has 1 unspecified atom stereocenters. The summed E-state index contributed by atoms with van der Waals surface area (Å²) < 4.78 is 44.4. The first-order valence-corrected chi connectivity index (χ1v) is 13.4. The first-order valence-electron chi connectivity index (χ1n) is 13.0. The Morgan fingerprint density at radius 3 is 2.59 bits per heavy atom. The van der Waals surface area contributed by atoms with E-state index >= 15 is 0 Å². The summed E-state index contributed by atoms with van der Waals surface area (Å²) in [6.07, 6.45) is 0.0176. The number of hydrogen-bond acceptors (Lipinski definition) is 7. The van der Waals surface area contributed by atoms with Crippen LogP contribution in [0, 0.1) is 5.92 Å². The molecule has 0 aliphatic carbocycles. The fraction of sp³-hybridized carbons (Fsp3) is 0.481. The first kappa shape index (κ1) is 27.5. The highest BCUT2D eigenvalue weighted by molar-refractivity contribution is 6.35. The van der Waals surface area contributed by atoms with Crippen molar-refractivity contribution >= 4 is 34.2 Å². The SMILES string of the molecule is C[C@H]1CCCN(c2ccc3c(C(=O)NCC(c4cnc(C(F)(F)F)nc4)N4CCOCC4)c(Cl)ccc3n2)C1. The summed E-state index contributed by atoms with van der Waals surface area (Å²) in [5, 5.41) is 3.86. The van der Waals surface area contributed by atoms with E-state index in [-0.39, 0.29) is 6.54 Å². The van der Waals surface area contributed by atoms with Gasteiger partial charge in [0, 0.05) is 56.1 Å². The Hall–Kier alpha value is -3.02. The van der Waals surface area contributed by atoms with Crippen molar-refractivity contribution in [3.05, 3.63) is 58.6 Å². The molecule has 0 saturated carbocycles. The smallest absolute Gasteiger partial charge is 0.379 e. The second kappa shape index (κ2) is 11.6. The second-order valence-electron chi connectivity index (χ2n) is 10.1. The van der Waals surface area contributed by atoms with Crippen molar-refractivity contribution in [2.45, 2.75) is 32.0 Å². The Kier molecular flexibility index (Phi) is 8.20. The van der Waals surface area contributed by atoms with Crippen LogP contribution >= 0.6 is 11.6 Å². The molecule has 2 saturated heterocycles. The lowest BCUT2D eigenvalue weighted by molar-refractivity contribution is -0.145. The van der Waals surface area contributed by atoms with Gasteiger partial charge in [0.15, 0.2) is 0 Å². The van der Waals surface area contributed by atoms with E-state index < -0.39 is 23.9 Å². The van der Waals surface area contributed by atoms with Crippen LogP contribution in [0.3, 0.4) is 0 Å². The summed E-state index contributed by atoms with van der Waals surface area (Å²) in [5.74, 6) is -0.128. The van der Waals surface area contributed by atoms with Crippen LogP contribution in [0.2, 0.25) is 5.02 Å². The highest BCUT2D eigenvalue weighted by Crippen LogP contribution is 2.30. The van der Waals surface area contributed by atoms with Gasteiger partial charge in [0.05, 0.1) is 35.4 Å². The minimum atomic E-state index is -4.63. The summed E-state index contributed by atoms with van der Waals surface area (Å²) in [6.45, 7) is 6.30. The number of benzene rings is 1. The van der Waals surface area contributed by atoms with Crippen LogP contribution in [0.15, 0.2) is 36.7 Å². The predicted octanol–water partition coefficient (Wildman–Crippen LogP) is 4.74. The number of alkyl halides is 3. The summed E-state index contributed by atoms with van der Waals surface area (Å²) in [7, 11) is 0. The number of piperidine rings is 1. The zero-order chi connectivity index (χ0) is 27.6. The van der Waals surface area contributed by atoms with Gasteiger partial charge >= 0.3 is 6.18 Å². The van der Waals surface area contributed by atoms with Crippen LogP contribution in [0.1, 0.15) is 47.6 Å². The number of amides is 1. The van der Waals surface area contributed by atoms with Gasteiger partial charge in [0.1, 0.15) is 5.82 Å². The van der Waals surface area contributed by atoms with Crippen LogP contribution in [0.5, 0.6) is 0 Å². The van der Waals surface area contributed by atoms with Gasteiger partial charge < -0.3 is 15.0 Å². The summed E-state index contributed by atoms with van der Waals surface area (Å²) in [4.78, 5) is 29.6. The van der Waals surface area contributed by atoms with Gasteiger partial charge in [-0.15, -0.1) is 0 Å². The number of fused-ring (bicyclic) bond motifs is 1. The van der Waals surface area contributed by atoms with E-state index in [4.69, 9.17) is 21.3 Å². The molecule has 1 aromatic carbocycles. The zero-order valence-corrected chi connectivity index (χ0v) is 22.3. The van der Waals surface area contributed by atoms with E-state index in [9.17, 15) is 18.0 Å². The van der Waals surface area contributed by atoms with Crippen molar-refractivity contribution in [2.75, 3.05) is 50.8 Å². The molecule has 0 radical (unpaired) electrons. The molecular formula is C27H30ClF3N6O2. The fourth-order valence-electron chi connectivity index (χ4n) is 5.25. The maximum atomic E-state index is 13.5. The number of carbonyl (C=O) groups is 1. The number of hydrogen-bond donors (Lipinski definition) is 1. The van der Waals surface area contributed by atoms with Crippen LogP contribution in [0.4, 0.5) is 19.0 Å². The van der Waals surface area contributed by atoms with Gasteiger partial charge in [0.2, 0.25) is 5.82 Å². The maximum Gasteiger partial charge on any atom is 0.451 e. The standard InChI is InChI=1S/C27H30ClF3N6O2/c1-17-3-2-8-37(16-17)23-7-4-19-21(35-23)6-5-20(28)24(19)25(38)32-15-22(36-9-11-39-12-10-36)18-13-33-26(34-14-18)27(29,30)31/h4-7,13-14,17,22H,2-3,8-12,15-16H2,1H3,(H,32,38)/t17-,22?/m0/s1. The number of anilines is 1. The van der Waals surface area contributed by atoms with Crippen molar-refractivity contribution in [3.8, 4) is 0 Å². The van der Waals surface area contributed by atoms with E-state index in [1.807, 2.05) is 17.0 Å². The van der Waals surface area contributed by atoms with Gasteiger partial charge in [-0.3, -0.25) is 9.69 Å². The lowest BCUT2D eigenvalue weighted by Gasteiger charge is -2.34. The van der Waals surface area contributed by atoms with E-state index in [2.05, 4.69) is 27.1 Å². The molecule has 39 heavy (non-hydrogen) atoms. The maximum absolute atomic E-state index is 13.5. The lowest BCUT2D eigenvalue weighted by atomic mass is 10.0. The molecule has 5 rings (SSSR count). The number of nitrogens with zero attached hydrogens (tertiary/aromatic N) is 5. The van der Waals surface area contributed by atoms with Gasteiger partial charge in [-0.05, 0) is 43.0 Å². The van der Waals surface area contributed by atoms with Crippen LogP contribution in [-0.2, 0) is 10.9 Å². The number of halogens is 4. The Morgan fingerprint density at radius 2 is 1.90 bits per heavy atom. The number of aromatic nitrogens is 3. The number of nitrogens with one attached hydrogen (secondary N) is 1. The lowest BCUT2D eigenvalue weighted by Crippen LogP contribution is -2.44. The molecule has 1 amide bonds. The van der Waals surface area contributed by atoms with Crippen LogP contribution in [0.25, 0.3) is 10.9 Å². The average molecular weight is 563 g/mol. The van der Waals surface area contributed by atoms with Gasteiger partial charge in [-0.2, -0.15) is 13.2 Å². The Labute approximate surface area is 229 Å². The Balaban J connectivity index is 1.38. The number of morpholine rings is 1. The normalized spacial score (nSPS) is 19.7. The van der Waals surface area contributed by atoms with Crippen molar-refractivity contribution in [2.24, 2.45) is 5.92 Å². The molecule has 2 fully saturated rings. The van der Waals surface area contributed by atoms with E-state index in [0.29, 0.717) is 59.3 Å². The molecule has 2 aliphatic rings. The van der Waals surface area contributed by atoms with Crippen LogP contribution in [-0.4, -0.2) is 71.7 Å². The predicted molar refractivity (Wildman–Crippen MR) is 142 cm³/mol. The average Bonchev–Trinajstić information content (AvgIpc) is 2.93. The highest BCUT2D eigenvalue weighted by atomic mass is 35.5. The third-order valence-electron chi connectivity index (χ3n) is 7.27. The molecule has 2 atom stereocenters. The van der Waals surface area contributed by atoms with Gasteiger partial charge in [0.25, 0.3) is 5.91 Å². The zero-order valence-electron chi connectivity index (χ0n) is 21.5. The van der Waals surface area contributed by atoms with E-state index in [1.165, 1.54) is 18.8 Å². The molecule has 2 aromatic heterocycles. The topological polar surface area (TPSA) is 83.5 Å². The molecule has 1 N–H and O–H groups in total. The molecule has 2 aliphatic heterocycles. The monoisotopic (exact) mass is 562 g/mol. The first-order chi connectivity index (χ1) is 18.7. The quantitative estimate of drug-likeness (QED) is 0.465. The summed E-state index contributed by atoms with van der Waals surface area (Å²) in [6, 6.07) is 6.82. The number of rotatable bonds is 6. The minimum absolute atomic E-state index is 0.122. The number of pyridine rings is 1. The molecule has 4 heterocycles. The second-order valence-corrected chi connectivity index (χ2v) is 10.5. The third kappa shape index (κ3) is 6.26. The van der Waals surface area contributed by atoms with Crippen molar-refractivity contribution < 1.29 is 22.7 Å². The molecule has 8 nitrogen and oxygen atoms in total. The summed E-state index contributed by atoms with van der Waals surface area (Å²) >= 11 is 6.49. The van der Waals surface area contributed by atoms with Gasteiger partial charge in [-0.25, -0.2) is 15.0 Å². The van der Waals surface area contributed by atoms with Crippen molar-refractivity contribution in [1.82, 2.24) is 25.2 Å². The number of carbonyl (C=O) groups excluding carboxylic acids is 1. The molecule has 12 heteroatoms. The molecule has 0 bridgehead atoms. The highest BCUT2D eigenvalue weighted by Gasteiger charge is 2.35. The molecular weight excluding hydrogens is 533 g/mol. The van der Waals surface area contributed by atoms with Crippen molar-refractivity contribution in [1.29, 1.82) is 0 Å².